The molecule has 3 aromatic rings. The SMILES string of the molecule is C/C=C/c1ccc(-c2ccc(-c3ccc(CCC4CCC(CCC)CO4)c(F)c3F)c(F)c2F)cc1. The number of ether oxygens (including phenoxy) is 1. The van der Waals surface area contributed by atoms with Crippen molar-refractivity contribution in [2.75, 3.05) is 6.61 Å². The Labute approximate surface area is 210 Å². The quantitative estimate of drug-likeness (QED) is 0.283. The number of allylic oxidation sites excluding steroid dienone is 1. The molecule has 4 rings (SSSR count). The van der Waals surface area contributed by atoms with Crippen molar-refractivity contribution in [2.24, 2.45) is 5.92 Å². The minimum Gasteiger partial charge on any atom is -0.378 e. The second kappa shape index (κ2) is 11.9. The van der Waals surface area contributed by atoms with Gasteiger partial charge in [0.2, 0.25) is 0 Å². The molecule has 0 amide bonds. The smallest absolute Gasteiger partial charge is 0.167 e. The minimum atomic E-state index is -1.20. The van der Waals surface area contributed by atoms with Gasteiger partial charge in [-0.2, -0.15) is 0 Å². The van der Waals surface area contributed by atoms with Gasteiger partial charge in [0.1, 0.15) is 0 Å². The molecule has 3 aromatic carbocycles. The lowest BCUT2D eigenvalue weighted by Gasteiger charge is -2.29. The van der Waals surface area contributed by atoms with Gasteiger partial charge >= 0.3 is 0 Å². The highest BCUT2D eigenvalue weighted by Crippen LogP contribution is 2.34. The van der Waals surface area contributed by atoms with Gasteiger partial charge in [0.05, 0.1) is 6.10 Å². The molecule has 0 aromatic heterocycles. The van der Waals surface area contributed by atoms with E-state index in [9.17, 15) is 13.2 Å². The van der Waals surface area contributed by atoms with E-state index in [0.717, 1.165) is 37.9 Å². The molecule has 0 radical (unpaired) electrons. The number of benzene rings is 3. The Morgan fingerprint density at radius 1 is 0.778 bits per heavy atom. The van der Waals surface area contributed by atoms with Crippen molar-refractivity contribution < 1.29 is 22.3 Å². The van der Waals surface area contributed by atoms with Gasteiger partial charge in [-0.25, -0.2) is 17.6 Å². The van der Waals surface area contributed by atoms with Crippen LogP contribution in [0.5, 0.6) is 0 Å². The maximum atomic E-state index is 15.0. The summed E-state index contributed by atoms with van der Waals surface area (Å²) >= 11 is 0. The Morgan fingerprint density at radius 2 is 1.42 bits per heavy atom. The topological polar surface area (TPSA) is 9.23 Å². The maximum absolute atomic E-state index is 15.0. The van der Waals surface area contributed by atoms with E-state index in [0.29, 0.717) is 24.3 Å². The molecule has 0 aliphatic carbocycles. The molecule has 1 saturated heterocycles. The molecule has 190 valence electrons. The second-order valence-electron chi connectivity index (χ2n) is 9.54. The molecule has 1 fully saturated rings. The van der Waals surface area contributed by atoms with Crippen LogP contribution in [0.2, 0.25) is 0 Å². The van der Waals surface area contributed by atoms with Gasteiger partial charge < -0.3 is 4.74 Å². The van der Waals surface area contributed by atoms with Gasteiger partial charge in [0.25, 0.3) is 0 Å². The lowest BCUT2D eigenvalue weighted by atomic mass is 9.92. The summed E-state index contributed by atoms with van der Waals surface area (Å²) in [7, 11) is 0. The summed E-state index contributed by atoms with van der Waals surface area (Å²) in [5.41, 5.74) is 1.12. The fourth-order valence-corrected chi connectivity index (χ4v) is 4.98. The third kappa shape index (κ3) is 5.73. The Kier molecular flexibility index (Phi) is 8.63. The molecule has 36 heavy (non-hydrogen) atoms. The van der Waals surface area contributed by atoms with Crippen molar-refractivity contribution in [3.8, 4) is 22.3 Å². The van der Waals surface area contributed by atoms with Gasteiger partial charge in [0, 0.05) is 23.3 Å². The molecule has 1 heterocycles. The van der Waals surface area contributed by atoms with E-state index in [1.807, 2.05) is 19.1 Å². The Hall–Kier alpha value is -2.92. The minimum absolute atomic E-state index is 0.0337. The van der Waals surface area contributed by atoms with Gasteiger partial charge in [-0.3, -0.25) is 0 Å². The Morgan fingerprint density at radius 3 is 2.06 bits per heavy atom. The van der Waals surface area contributed by atoms with Crippen LogP contribution in [0.15, 0.2) is 54.6 Å². The van der Waals surface area contributed by atoms with Crippen molar-refractivity contribution in [2.45, 2.75) is 58.5 Å². The molecule has 0 saturated carbocycles. The van der Waals surface area contributed by atoms with E-state index < -0.39 is 23.3 Å². The first-order valence-electron chi connectivity index (χ1n) is 12.7. The molecule has 5 heteroatoms. The largest absolute Gasteiger partial charge is 0.378 e. The van der Waals surface area contributed by atoms with Crippen LogP contribution in [0.4, 0.5) is 17.6 Å². The zero-order valence-corrected chi connectivity index (χ0v) is 20.8. The first kappa shape index (κ1) is 26.2. The summed E-state index contributed by atoms with van der Waals surface area (Å²) in [4.78, 5) is 0. The maximum Gasteiger partial charge on any atom is 0.167 e. The molecule has 1 aliphatic rings. The zero-order valence-electron chi connectivity index (χ0n) is 20.8. The van der Waals surface area contributed by atoms with Crippen molar-refractivity contribution in [1.82, 2.24) is 0 Å². The first-order chi connectivity index (χ1) is 17.4. The van der Waals surface area contributed by atoms with Crippen LogP contribution < -0.4 is 0 Å². The highest BCUT2D eigenvalue weighted by atomic mass is 19.2. The van der Waals surface area contributed by atoms with Gasteiger partial charge in [-0.05, 0) is 61.6 Å². The average molecular weight is 497 g/mol. The van der Waals surface area contributed by atoms with Crippen LogP contribution in [0, 0.1) is 29.2 Å². The van der Waals surface area contributed by atoms with Gasteiger partial charge in [-0.15, -0.1) is 0 Å². The molecule has 0 bridgehead atoms. The molecule has 0 N–H and O–H groups in total. The van der Waals surface area contributed by atoms with Crippen LogP contribution in [0.3, 0.4) is 0 Å². The molecular formula is C31H32F4O. The first-order valence-corrected chi connectivity index (χ1v) is 12.7. The van der Waals surface area contributed by atoms with Crippen LogP contribution in [0.25, 0.3) is 28.3 Å². The van der Waals surface area contributed by atoms with E-state index in [4.69, 9.17) is 4.74 Å². The zero-order chi connectivity index (χ0) is 25.7. The monoisotopic (exact) mass is 496 g/mol. The molecule has 2 atom stereocenters. The van der Waals surface area contributed by atoms with Gasteiger partial charge in [-0.1, -0.05) is 74.0 Å². The van der Waals surface area contributed by atoms with Crippen molar-refractivity contribution >= 4 is 6.08 Å². The molecular weight excluding hydrogens is 464 g/mol. The highest BCUT2D eigenvalue weighted by molar-refractivity contribution is 5.73. The summed E-state index contributed by atoms with van der Waals surface area (Å²) in [6.45, 7) is 4.77. The van der Waals surface area contributed by atoms with Crippen LogP contribution >= 0.6 is 0 Å². The van der Waals surface area contributed by atoms with Gasteiger partial charge in [0.15, 0.2) is 23.3 Å². The predicted octanol–water partition coefficient (Wildman–Crippen LogP) is 9.14. The number of hydrogen-bond acceptors (Lipinski definition) is 1. The van der Waals surface area contributed by atoms with Crippen LogP contribution in [-0.2, 0) is 11.2 Å². The predicted molar refractivity (Wildman–Crippen MR) is 138 cm³/mol. The van der Waals surface area contributed by atoms with Crippen molar-refractivity contribution in [3.05, 3.63) is 89.0 Å². The van der Waals surface area contributed by atoms with Crippen molar-refractivity contribution in [3.63, 3.8) is 0 Å². The number of halogens is 4. The summed E-state index contributed by atoms with van der Waals surface area (Å²) in [5.74, 6) is -3.89. The lowest BCUT2D eigenvalue weighted by molar-refractivity contribution is -0.0216. The van der Waals surface area contributed by atoms with Crippen molar-refractivity contribution in [1.29, 1.82) is 0 Å². The van der Waals surface area contributed by atoms with E-state index >= 15 is 4.39 Å². The number of rotatable bonds is 8. The van der Waals surface area contributed by atoms with E-state index in [2.05, 4.69) is 6.92 Å². The third-order valence-corrected chi connectivity index (χ3v) is 7.01. The summed E-state index contributed by atoms with van der Waals surface area (Å²) < 4.78 is 65.8. The summed E-state index contributed by atoms with van der Waals surface area (Å²) in [6.07, 6.45) is 9.03. The van der Waals surface area contributed by atoms with E-state index in [-0.39, 0.29) is 28.4 Å². The molecule has 1 nitrogen and oxygen atoms in total. The molecule has 0 spiro atoms. The fraction of sp³-hybridized carbons (Fsp3) is 0.355. The third-order valence-electron chi connectivity index (χ3n) is 7.01. The molecule has 1 aliphatic heterocycles. The summed E-state index contributed by atoms with van der Waals surface area (Å²) in [5, 5.41) is 0. The summed E-state index contributed by atoms with van der Waals surface area (Å²) in [6, 6.07) is 12.5. The fourth-order valence-electron chi connectivity index (χ4n) is 4.98. The Balaban J connectivity index is 1.50. The normalized spacial score (nSPS) is 18.2. The van der Waals surface area contributed by atoms with E-state index in [1.54, 1.807) is 24.3 Å². The second-order valence-corrected chi connectivity index (χ2v) is 9.54. The van der Waals surface area contributed by atoms with E-state index in [1.165, 1.54) is 24.3 Å². The average Bonchev–Trinajstić information content (AvgIpc) is 2.89. The lowest BCUT2D eigenvalue weighted by Crippen LogP contribution is -2.26. The standard InChI is InChI=1S/C31H32F4O/c1-3-5-20-7-10-22(11-8-20)25-17-18-27(31(35)29(25)33)26-16-13-23(28(32)30(26)34)12-15-24-14-9-21(6-4-2)19-36-24/h3,5,7-8,10-11,13,16-18,21,24H,4,6,9,12,14-15,19H2,1-2H3/b5-3+. The number of hydrogen-bond donors (Lipinski definition) is 0. The van der Waals surface area contributed by atoms with Crippen LogP contribution in [-0.4, -0.2) is 12.7 Å². The van der Waals surface area contributed by atoms with Crippen LogP contribution in [0.1, 0.15) is 57.1 Å². The molecule has 2 unspecified atom stereocenters. The number of aryl methyl sites for hydroxylation is 1. The Bertz CT molecular complexity index is 1210. The highest BCUT2D eigenvalue weighted by Gasteiger charge is 2.24.